The van der Waals surface area contributed by atoms with Gasteiger partial charge in [0.05, 0.1) is 36.7 Å². The number of carbonyl (C=O) groups is 6. The maximum absolute atomic E-state index is 16.3. The molecular formula is C56H69NO16Si. The van der Waals surface area contributed by atoms with Gasteiger partial charge in [0.2, 0.25) is 0 Å². The van der Waals surface area contributed by atoms with Gasteiger partial charge in [-0.1, -0.05) is 74.5 Å². The van der Waals surface area contributed by atoms with E-state index in [2.05, 4.69) is 0 Å². The molecule has 3 aromatic rings. The highest BCUT2D eigenvalue weighted by Crippen LogP contribution is 2.65. The average molecular weight is 1040 g/mol. The Kier molecular flexibility index (Phi) is 14.4. The second-order valence-electron chi connectivity index (χ2n) is 22.8. The first kappa shape index (κ1) is 54.3. The molecular weight excluding hydrogens is 971 g/mol. The monoisotopic (exact) mass is 1040 g/mol. The molecule has 2 bridgehead atoms. The molecule has 0 spiro atoms. The molecule has 8 rings (SSSR count). The van der Waals surface area contributed by atoms with Crippen LogP contribution >= 0.6 is 0 Å². The lowest BCUT2D eigenvalue weighted by Crippen LogP contribution is -2.82. The van der Waals surface area contributed by atoms with E-state index >= 15 is 9.59 Å². The molecule has 1 amide bonds. The number of carbonyl (C=O) groups excluding carboxylic acids is 6. The van der Waals surface area contributed by atoms with Crippen LogP contribution in [-0.4, -0.2) is 121 Å². The van der Waals surface area contributed by atoms with Crippen molar-refractivity contribution in [1.29, 1.82) is 0 Å². The van der Waals surface area contributed by atoms with Gasteiger partial charge >= 0.3 is 30.0 Å². The number of benzene rings is 3. The van der Waals surface area contributed by atoms with Crippen LogP contribution in [0.25, 0.3) is 0 Å². The Balaban J connectivity index is 1.33. The van der Waals surface area contributed by atoms with Gasteiger partial charge in [-0.05, 0) is 95.2 Å². The molecule has 1 N–H and O–H groups in total. The number of hydrogen-bond acceptors (Lipinski definition) is 16. The largest absolute Gasteiger partial charge is 0.497 e. The molecule has 3 aromatic carbocycles. The van der Waals surface area contributed by atoms with Crippen molar-refractivity contribution in [2.24, 2.45) is 16.7 Å². The number of Topliss-reactive ketones (excluding diaryl/α,β-unsaturated/α-hetero) is 1. The summed E-state index contributed by atoms with van der Waals surface area (Å²) in [4.78, 5) is 89.2. The summed E-state index contributed by atoms with van der Waals surface area (Å²) in [5.74, 6) is -4.95. The van der Waals surface area contributed by atoms with Crippen LogP contribution in [0.1, 0.15) is 109 Å². The Bertz CT molecular complexity index is 2700. The molecule has 3 aliphatic carbocycles. The summed E-state index contributed by atoms with van der Waals surface area (Å²) in [7, 11) is -1.08. The Morgan fingerprint density at radius 3 is 1.99 bits per heavy atom. The van der Waals surface area contributed by atoms with Crippen LogP contribution in [0.3, 0.4) is 0 Å². The quantitative estimate of drug-likeness (QED) is 0.0832. The summed E-state index contributed by atoms with van der Waals surface area (Å²) in [5, 5.41) is 14.3. The van der Waals surface area contributed by atoms with E-state index in [0.717, 1.165) is 6.92 Å². The maximum atomic E-state index is 16.3. The van der Waals surface area contributed by atoms with Crippen molar-refractivity contribution in [3.63, 3.8) is 0 Å². The fourth-order valence-corrected chi connectivity index (χ4v) is 13.3. The molecule has 5 aliphatic rings. The lowest BCUT2D eigenvalue weighted by Gasteiger charge is -2.68. The van der Waals surface area contributed by atoms with Crippen molar-refractivity contribution in [3.8, 4) is 5.75 Å². The molecule has 2 heterocycles. The molecule has 12 atom stereocenters. The van der Waals surface area contributed by atoms with Gasteiger partial charge in [-0.15, -0.1) is 0 Å². The molecule has 0 aromatic heterocycles. The molecule has 17 nitrogen and oxygen atoms in total. The SMILES string of the molecule is COc1ccc(C2O[C@@H](C(=O)O[C@H]3C[C@@]4(O)[C@@H](OC(=O)c5ccccc5)[C@@H]5[C@]6(OC(C)=O)CO[C@@H]6C[C@H](O[Si](C)(C)C)[C@@]5(C)C(=O)[C@H](OC(C)=O)C(=C3C)C4(C)C)[C@H](c3ccccc3)N2C(=O)OC(C)(C)C)cc1. The number of amides is 1. The van der Waals surface area contributed by atoms with Gasteiger partial charge in [-0.3, -0.25) is 19.3 Å². The van der Waals surface area contributed by atoms with Gasteiger partial charge < -0.3 is 47.4 Å². The van der Waals surface area contributed by atoms with Gasteiger partial charge in [0.1, 0.15) is 41.3 Å². The highest BCUT2D eigenvalue weighted by atomic mass is 28.4. The third-order valence-electron chi connectivity index (χ3n) is 15.4. The van der Waals surface area contributed by atoms with Gasteiger partial charge in [-0.25, -0.2) is 14.4 Å². The van der Waals surface area contributed by atoms with E-state index in [0.29, 0.717) is 16.9 Å². The number of esters is 4. The fourth-order valence-electron chi connectivity index (χ4n) is 12.1. The minimum atomic E-state index is -2.60. The zero-order chi connectivity index (χ0) is 54.1. The van der Waals surface area contributed by atoms with Gasteiger partial charge in [-0.2, -0.15) is 0 Å². The molecule has 18 heteroatoms. The molecule has 74 heavy (non-hydrogen) atoms. The number of rotatable bonds is 11. The van der Waals surface area contributed by atoms with E-state index in [1.807, 2.05) is 19.6 Å². The van der Waals surface area contributed by atoms with Crippen molar-refractivity contribution in [3.05, 3.63) is 113 Å². The summed E-state index contributed by atoms with van der Waals surface area (Å²) < 4.78 is 57.0. The number of ketones is 1. The summed E-state index contributed by atoms with van der Waals surface area (Å²) in [6.45, 7) is 19.7. The molecule has 398 valence electrons. The first-order valence-corrected chi connectivity index (χ1v) is 28.4. The van der Waals surface area contributed by atoms with Crippen LogP contribution in [0.2, 0.25) is 19.6 Å². The van der Waals surface area contributed by atoms with Crippen LogP contribution in [-0.2, 0) is 56.8 Å². The van der Waals surface area contributed by atoms with Gasteiger partial charge in [0, 0.05) is 37.7 Å². The lowest BCUT2D eigenvalue weighted by atomic mass is 9.44. The molecule has 2 saturated carbocycles. The molecule has 2 saturated heterocycles. The number of fused-ring (bicyclic) bond motifs is 5. The average Bonchev–Trinajstić information content (AvgIpc) is 3.73. The fraction of sp³-hybridized carbons (Fsp3) is 0.536. The van der Waals surface area contributed by atoms with Crippen molar-refractivity contribution in [2.45, 2.75) is 160 Å². The second kappa shape index (κ2) is 19.7. The zero-order valence-electron chi connectivity index (χ0n) is 44.4. The molecule has 0 radical (unpaired) electrons. The van der Waals surface area contributed by atoms with Crippen molar-refractivity contribution in [2.75, 3.05) is 13.7 Å². The summed E-state index contributed by atoms with van der Waals surface area (Å²) >= 11 is 0. The molecule has 4 fully saturated rings. The number of hydrogen-bond donors (Lipinski definition) is 1. The maximum Gasteiger partial charge on any atom is 0.413 e. The van der Waals surface area contributed by atoms with E-state index in [1.54, 1.807) is 133 Å². The predicted octanol–water partition coefficient (Wildman–Crippen LogP) is 8.15. The number of ether oxygens (including phenoxy) is 8. The Hall–Kier alpha value is -5.92. The van der Waals surface area contributed by atoms with Crippen LogP contribution in [0.15, 0.2) is 96.1 Å². The van der Waals surface area contributed by atoms with Gasteiger partial charge in [0.25, 0.3) is 0 Å². The lowest BCUT2D eigenvalue weighted by molar-refractivity contribution is -0.344. The van der Waals surface area contributed by atoms with E-state index < -0.39 is 133 Å². The Labute approximate surface area is 433 Å². The predicted molar refractivity (Wildman–Crippen MR) is 269 cm³/mol. The van der Waals surface area contributed by atoms with E-state index in [4.69, 9.17) is 42.3 Å². The first-order valence-electron chi connectivity index (χ1n) is 25.0. The normalized spacial score (nSPS) is 32.3. The minimum absolute atomic E-state index is 0.0598. The van der Waals surface area contributed by atoms with E-state index in [1.165, 1.54) is 18.9 Å². The minimum Gasteiger partial charge on any atom is -0.497 e. The summed E-state index contributed by atoms with van der Waals surface area (Å²) in [5.41, 5.74) is -7.01. The third-order valence-corrected chi connectivity index (χ3v) is 16.4. The molecule has 1 unspecified atom stereocenters. The van der Waals surface area contributed by atoms with E-state index in [-0.39, 0.29) is 29.7 Å². The number of methoxy groups -OCH3 is 1. The highest BCUT2D eigenvalue weighted by Gasteiger charge is 2.79. The Morgan fingerprint density at radius 1 is 0.824 bits per heavy atom. The van der Waals surface area contributed by atoms with Crippen molar-refractivity contribution >= 4 is 44.1 Å². The summed E-state index contributed by atoms with van der Waals surface area (Å²) in [6.07, 6.45) is -10.8. The van der Waals surface area contributed by atoms with Crippen LogP contribution in [0.5, 0.6) is 5.75 Å². The van der Waals surface area contributed by atoms with E-state index in [9.17, 15) is 24.3 Å². The second-order valence-corrected chi connectivity index (χ2v) is 27.3. The van der Waals surface area contributed by atoms with Crippen molar-refractivity contribution < 1.29 is 76.2 Å². The molecule has 2 aliphatic heterocycles. The van der Waals surface area contributed by atoms with Crippen molar-refractivity contribution in [1.82, 2.24) is 4.90 Å². The topological polar surface area (TPSA) is 209 Å². The number of nitrogens with zero attached hydrogens (tertiary/aromatic N) is 1. The third kappa shape index (κ3) is 9.56. The Morgan fingerprint density at radius 2 is 1.45 bits per heavy atom. The smallest absolute Gasteiger partial charge is 0.413 e. The first-order chi connectivity index (χ1) is 34.6. The zero-order valence-corrected chi connectivity index (χ0v) is 45.4. The highest BCUT2D eigenvalue weighted by molar-refractivity contribution is 6.69. The van der Waals surface area contributed by atoms with Crippen LogP contribution in [0.4, 0.5) is 4.79 Å². The van der Waals surface area contributed by atoms with Crippen LogP contribution < -0.4 is 4.74 Å². The van der Waals surface area contributed by atoms with Gasteiger partial charge in [0.15, 0.2) is 38.1 Å². The summed E-state index contributed by atoms with van der Waals surface area (Å²) in [6, 6.07) is 22.6. The number of aliphatic hydroxyl groups is 1. The standard InChI is InChI=1S/C56H69NO16Si/c1-31-38(68-50(62)44-42(34-20-16-14-17-21-34)57(51(63)72-52(4,5)6)48(69-44)35-24-26-37(65-10)27-25-35)29-56(64)47(70-49(61)36-22-18-15-19-23-36)45-54(9,46(60)43(67-32(2)58)41(31)53(56,7)8)39(73-74(11,12)13)28-40-55(45,30-66-40)71-33(3)59/h14-27,38-40,42-45,47-48,64H,28-30H2,1-13H3/t38-,39-,40+,42-,43+,44+,45-,47-,48?,54+,55-,56+/m0/s1. The van der Waals surface area contributed by atoms with Crippen LogP contribution in [0, 0.1) is 16.7 Å².